The van der Waals surface area contributed by atoms with Gasteiger partial charge in [-0.25, -0.2) is 4.98 Å². The van der Waals surface area contributed by atoms with E-state index in [1.165, 1.54) is 0 Å². The Morgan fingerprint density at radius 2 is 2.08 bits per heavy atom. The molecule has 13 heavy (non-hydrogen) atoms. The van der Waals surface area contributed by atoms with E-state index in [1.54, 1.807) is 0 Å². The highest BCUT2D eigenvalue weighted by molar-refractivity contribution is 5.17. The minimum absolute atomic E-state index is 0.337. The Morgan fingerprint density at radius 3 is 2.46 bits per heavy atom. The zero-order valence-corrected chi connectivity index (χ0v) is 8.29. The second kappa shape index (κ2) is 2.58. The fraction of sp³-hybridized carbons (Fsp3) is 0.700. The summed E-state index contributed by atoms with van der Waals surface area (Å²) in [6, 6.07) is 0. The van der Waals surface area contributed by atoms with Crippen LogP contribution in [0.3, 0.4) is 0 Å². The Hall–Kier alpha value is -0.830. The van der Waals surface area contributed by atoms with E-state index in [0.29, 0.717) is 11.8 Å². The van der Waals surface area contributed by atoms with E-state index in [9.17, 15) is 5.11 Å². The Morgan fingerprint density at radius 1 is 1.46 bits per heavy atom. The first-order chi connectivity index (χ1) is 6.03. The number of aryl methyl sites for hydroxylation is 1. The van der Waals surface area contributed by atoms with E-state index in [4.69, 9.17) is 4.42 Å². The maximum atomic E-state index is 9.76. The van der Waals surface area contributed by atoms with Crippen molar-refractivity contribution in [2.45, 2.75) is 45.1 Å². The highest BCUT2D eigenvalue weighted by atomic mass is 16.4. The minimum Gasteiger partial charge on any atom is -0.442 e. The molecule has 1 aliphatic rings. The summed E-state index contributed by atoms with van der Waals surface area (Å²) in [7, 11) is 0. The lowest BCUT2D eigenvalue weighted by atomic mass is 10.1. The molecule has 0 spiro atoms. The summed E-state index contributed by atoms with van der Waals surface area (Å²) in [5.41, 5.74) is 0.170. The van der Waals surface area contributed by atoms with Crippen molar-refractivity contribution in [1.82, 2.24) is 4.98 Å². The van der Waals surface area contributed by atoms with Gasteiger partial charge in [0.2, 0.25) is 5.89 Å². The fourth-order valence-corrected chi connectivity index (χ4v) is 1.48. The van der Waals surface area contributed by atoms with Crippen LogP contribution < -0.4 is 0 Å². The van der Waals surface area contributed by atoms with Crippen LogP contribution >= 0.6 is 0 Å². The zero-order valence-electron chi connectivity index (χ0n) is 8.29. The van der Waals surface area contributed by atoms with Crippen molar-refractivity contribution in [2.24, 2.45) is 0 Å². The third kappa shape index (κ3) is 1.37. The zero-order chi connectivity index (χ0) is 9.64. The molecule has 1 N–H and O–H groups in total. The van der Waals surface area contributed by atoms with Gasteiger partial charge in [-0.1, -0.05) is 13.8 Å². The molecule has 1 aliphatic carbocycles. The van der Waals surface area contributed by atoms with Crippen LogP contribution in [-0.4, -0.2) is 10.1 Å². The van der Waals surface area contributed by atoms with Gasteiger partial charge in [-0.3, -0.25) is 0 Å². The molecule has 0 aromatic carbocycles. The number of nitrogens with zero attached hydrogens (tertiary/aromatic N) is 1. The third-order valence-corrected chi connectivity index (χ3v) is 2.48. The number of oxazole rings is 1. The Kier molecular flexibility index (Phi) is 1.74. The maximum Gasteiger partial charge on any atom is 0.226 e. The topological polar surface area (TPSA) is 46.3 Å². The average Bonchev–Trinajstić information content (AvgIpc) is 2.63. The molecule has 0 radical (unpaired) electrons. The lowest BCUT2D eigenvalue weighted by Gasteiger charge is -2.01. The van der Waals surface area contributed by atoms with Crippen LogP contribution in [0.2, 0.25) is 0 Å². The molecule has 1 aromatic rings. The molecular formula is C10H15NO2. The smallest absolute Gasteiger partial charge is 0.226 e. The molecule has 0 saturated heterocycles. The quantitative estimate of drug-likeness (QED) is 0.759. The van der Waals surface area contributed by atoms with Gasteiger partial charge in [-0.05, 0) is 19.8 Å². The molecule has 72 valence electrons. The highest BCUT2D eigenvalue weighted by Crippen LogP contribution is 2.45. The van der Waals surface area contributed by atoms with Crippen LogP contribution in [0, 0.1) is 6.92 Å². The van der Waals surface area contributed by atoms with Crippen LogP contribution in [0.4, 0.5) is 0 Å². The molecule has 1 heterocycles. The molecule has 1 fully saturated rings. The third-order valence-electron chi connectivity index (χ3n) is 2.48. The molecule has 0 atom stereocenters. The molecule has 0 aliphatic heterocycles. The first kappa shape index (κ1) is 8.75. The summed E-state index contributed by atoms with van der Waals surface area (Å²) in [4.78, 5) is 4.25. The van der Waals surface area contributed by atoms with Crippen LogP contribution in [0.25, 0.3) is 0 Å². The number of aromatic nitrogens is 1. The Bertz CT molecular complexity index is 324. The number of aliphatic hydroxyl groups is 1. The second-order valence-electron chi connectivity index (χ2n) is 4.15. The van der Waals surface area contributed by atoms with E-state index in [2.05, 4.69) is 18.8 Å². The summed E-state index contributed by atoms with van der Waals surface area (Å²) >= 11 is 0. The first-order valence-corrected chi connectivity index (χ1v) is 4.73. The highest BCUT2D eigenvalue weighted by Gasteiger charge is 2.47. The summed E-state index contributed by atoms with van der Waals surface area (Å²) in [5, 5.41) is 9.76. The lowest BCUT2D eigenvalue weighted by molar-refractivity contribution is 0.115. The van der Waals surface area contributed by atoms with Crippen LogP contribution in [0.15, 0.2) is 4.42 Å². The molecule has 0 bridgehead atoms. The maximum absolute atomic E-state index is 9.76. The van der Waals surface area contributed by atoms with E-state index in [0.717, 1.165) is 24.3 Å². The van der Waals surface area contributed by atoms with Gasteiger partial charge < -0.3 is 9.52 Å². The van der Waals surface area contributed by atoms with Crippen LogP contribution in [0.5, 0.6) is 0 Å². The van der Waals surface area contributed by atoms with Crippen molar-refractivity contribution >= 4 is 0 Å². The lowest BCUT2D eigenvalue weighted by Crippen LogP contribution is -2.03. The predicted octanol–water partition coefficient (Wildman–Crippen LogP) is 2.09. The predicted molar refractivity (Wildman–Crippen MR) is 48.5 cm³/mol. The standard InChI is InChI=1S/C10H15NO2/c1-6(2)8-7(3)11-9(13-8)10(12)4-5-10/h6,12H,4-5H2,1-3H3. The Labute approximate surface area is 77.8 Å². The van der Waals surface area contributed by atoms with E-state index in [-0.39, 0.29) is 0 Å². The van der Waals surface area contributed by atoms with Gasteiger partial charge in [0.25, 0.3) is 0 Å². The van der Waals surface area contributed by atoms with Crippen LogP contribution in [-0.2, 0) is 5.60 Å². The molecule has 1 saturated carbocycles. The molecule has 2 rings (SSSR count). The van der Waals surface area contributed by atoms with Crippen molar-refractivity contribution in [3.05, 3.63) is 17.3 Å². The molecule has 1 aromatic heterocycles. The van der Waals surface area contributed by atoms with E-state index < -0.39 is 5.60 Å². The number of rotatable bonds is 2. The number of hydrogen-bond acceptors (Lipinski definition) is 3. The van der Waals surface area contributed by atoms with E-state index in [1.807, 2.05) is 6.92 Å². The van der Waals surface area contributed by atoms with Crippen molar-refractivity contribution < 1.29 is 9.52 Å². The molecular weight excluding hydrogens is 166 g/mol. The van der Waals surface area contributed by atoms with Gasteiger partial charge in [0.15, 0.2) is 0 Å². The van der Waals surface area contributed by atoms with Crippen molar-refractivity contribution in [2.75, 3.05) is 0 Å². The Balaban J connectivity index is 2.35. The summed E-state index contributed by atoms with van der Waals surface area (Å²) in [6.07, 6.45) is 1.56. The summed E-state index contributed by atoms with van der Waals surface area (Å²) < 4.78 is 5.54. The van der Waals surface area contributed by atoms with Gasteiger partial charge in [0, 0.05) is 5.92 Å². The van der Waals surface area contributed by atoms with Crippen molar-refractivity contribution in [3.8, 4) is 0 Å². The van der Waals surface area contributed by atoms with Gasteiger partial charge in [0.05, 0.1) is 5.69 Å². The second-order valence-corrected chi connectivity index (χ2v) is 4.15. The van der Waals surface area contributed by atoms with Gasteiger partial charge in [0.1, 0.15) is 11.4 Å². The molecule has 3 heteroatoms. The van der Waals surface area contributed by atoms with Gasteiger partial charge in [-0.2, -0.15) is 0 Å². The molecule has 0 amide bonds. The molecule has 3 nitrogen and oxygen atoms in total. The average molecular weight is 181 g/mol. The van der Waals surface area contributed by atoms with Crippen molar-refractivity contribution in [1.29, 1.82) is 0 Å². The summed E-state index contributed by atoms with van der Waals surface area (Å²) in [6.45, 7) is 6.05. The molecule has 0 unspecified atom stereocenters. The first-order valence-electron chi connectivity index (χ1n) is 4.73. The van der Waals surface area contributed by atoms with Crippen LogP contribution in [0.1, 0.15) is 50.0 Å². The minimum atomic E-state index is -0.738. The number of hydrogen-bond donors (Lipinski definition) is 1. The monoisotopic (exact) mass is 181 g/mol. The van der Waals surface area contributed by atoms with Gasteiger partial charge >= 0.3 is 0 Å². The largest absolute Gasteiger partial charge is 0.442 e. The van der Waals surface area contributed by atoms with Gasteiger partial charge in [-0.15, -0.1) is 0 Å². The SMILES string of the molecule is Cc1nc(C2(O)CC2)oc1C(C)C. The normalized spacial score (nSPS) is 19.5. The summed E-state index contributed by atoms with van der Waals surface area (Å²) in [5.74, 6) is 1.74. The fourth-order valence-electron chi connectivity index (χ4n) is 1.48. The van der Waals surface area contributed by atoms with E-state index >= 15 is 0 Å². The van der Waals surface area contributed by atoms with Crippen molar-refractivity contribution in [3.63, 3.8) is 0 Å².